The normalized spacial score (nSPS) is 11.1. The van der Waals surface area contributed by atoms with Crippen molar-refractivity contribution in [2.75, 3.05) is 0 Å². The zero-order chi connectivity index (χ0) is 14.2. The van der Waals surface area contributed by atoms with Crippen molar-refractivity contribution in [2.24, 2.45) is 0 Å². The summed E-state index contributed by atoms with van der Waals surface area (Å²) in [6.45, 7) is 2.08. The van der Waals surface area contributed by atoms with Crippen LogP contribution in [0.1, 0.15) is 5.69 Å². The van der Waals surface area contributed by atoms with E-state index in [2.05, 4.69) is 63.9 Å². The number of hydrogen-bond donors (Lipinski definition) is 0. The Balaban J connectivity index is 1.93. The molecule has 4 rings (SSSR count). The van der Waals surface area contributed by atoms with E-state index in [4.69, 9.17) is 0 Å². The van der Waals surface area contributed by atoms with Crippen LogP contribution in [0.2, 0.25) is 0 Å². The van der Waals surface area contributed by atoms with Gasteiger partial charge in [-0.1, -0.05) is 18.2 Å². The minimum atomic E-state index is 0.715. The van der Waals surface area contributed by atoms with Crippen LogP contribution in [-0.2, 0) is 0 Å². The molecule has 3 nitrogen and oxygen atoms in total. The molecule has 3 heterocycles. The van der Waals surface area contributed by atoms with E-state index < -0.39 is 0 Å². The fourth-order valence-corrected chi connectivity index (χ4v) is 3.59. The van der Waals surface area contributed by atoms with Gasteiger partial charge in [0, 0.05) is 22.8 Å². The Morgan fingerprint density at radius 2 is 1.76 bits per heavy atom. The molecule has 102 valence electrons. The smallest absolute Gasteiger partial charge is 0.234 e. The highest BCUT2D eigenvalue weighted by molar-refractivity contribution is 7.22. The monoisotopic (exact) mass is 291 g/mol. The Morgan fingerprint density at radius 3 is 2.57 bits per heavy atom. The molecule has 0 radical (unpaired) electrons. The summed E-state index contributed by atoms with van der Waals surface area (Å²) in [6.07, 6.45) is 3.55. The molecule has 0 fully saturated rings. The summed E-state index contributed by atoms with van der Waals surface area (Å²) >= 11 is 1.80. The predicted molar refractivity (Wildman–Crippen MR) is 86.9 cm³/mol. The number of rotatable bonds is 2. The van der Waals surface area contributed by atoms with Gasteiger partial charge in [0.2, 0.25) is 5.95 Å². The molecule has 0 atom stereocenters. The third-order valence-electron chi connectivity index (χ3n) is 3.51. The molecule has 21 heavy (non-hydrogen) atoms. The minimum Gasteiger partial charge on any atom is -0.282 e. The predicted octanol–water partition coefficient (Wildman–Crippen LogP) is 4.46. The van der Waals surface area contributed by atoms with Crippen LogP contribution in [0.4, 0.5) is 0 Å². The van der Waals surface area contributed by atoms with Gasteiger partial charge in [-0.25, -0.2) is 9.97 Å². The Labute approximate surface area is 126 Å². The summed E-state index contributed by atoms with van der Waals surface area (Å²) in [5.74, 6) is 0.715. The zero-order valence-corrected chi connectivity index (χ0v) is 12.3. The molecule has 0 aliphatic rings. The Morgan fingerprint density at radius 1 is 0.952 bits per heavy atom. The van der Waals surface area contributed by atoms with Crippen molar-refractivity contribution in [3.8, 4) is 16.5 Å². The van der Waals surface area contributed by atoms with Crippen molar-refractivity contribution in [2.45, 2.75) is 6.92 Å². The van der Waals surface area contributed by atoms with E-state index in [1.807, 2.05) is 6.07 Å². The number of benzene rings is 1. The Kier molecular flexibility index (Phi) is 2.82. The van der Waals surface area contributed by atoms with Crippen LogP contribution >= 0.6 is 11.3 Å². The summed E-state index contributed by atoms with van der Waals surface area (Å²) < 4.78 is 3.40. The zero-order valence-electron chi connectivity index (χ0n) is 11.5. The van der Waals surface area contributed by atoms with Gasteiger partial charge in [-0.05, 0) is 42.6 Å². The molecule has 0 spiro atoms. The summed E-state index contributed by atoms with van der Waals surface area (Å²) in [7, 11) is 0. The average molecular weight is 291 g/mol. The average Bonchev–Trinajstić information content (AvgIpc) is 3.11. The molecule has 0 saturated heterocycles. The number of thiophene rings is 1. The first-order chi connectivity index (χ1) is 10.3. The van der Waals surface area contributed by atoms with Crippen molar-refractivity contribution in [3.63, 3.8) is 0 Å². The number of nitrogens with zero attached hydrogens (tertiary/aromatic N) is 3. The molecule has 0 aliphatic heterocycles. The lowest BCUT2D eigenvalue weighted by molar-refractivity contribution is 0.910. The third-order valence-corrected chi connectivity index (χ3v) is 4.64. The number of fused-ring (bicyclic) bond motifs is 1. The Hall–Kier alpha value is -2.46. The van der Waals surface area contributed by atoms with E-state index in [1.54, 1.807) is 23.7 Å². The van der Waals surface area contributed by atoms with Crippen LogP contribution in [0.25, 0.3) is 26.6 Å². The largest absolute Gasteiger partial charge is 0.282 e. The van der Waals surface area contributed by atoms with Gasteiger partial charge in [-0.2, -0.15) is 0 Å². The first-order valence-corrected chi connectivity index (χ1v) is 7.59. The lowest BCUT2D eigenvalue weighted by atomic mass is 10.2. The van der Waals surface area contributed by atoms with Crippen molar-refractivity contribution >= 4 is 21.4 Å². The van der Waals surface area contributed by atoms with E-state index in [0.29, 0.717) is 5.95 Å². The first-order valence-electron chi connectivity index (χ1n) is 6.77. The summed E-state index contributed by atoms with van der Waals surface area (Å²) in [5.41, 5.74) is 2.27. The summed E-state index contributed by atoms with van der Waals surface area (Å²) in [5, 5.41) is 1.27. The van der Waals surface area contributed by atoms with Crippen LogP contribution in [0.3, 0.4) is 0 Å². The second-order valence-corrected chi connectivity index (χ2v) is 5.98. The maximum Gasteiger partial charge on any atom is 0.234 e. The first kappa shape index (κ1) is 12.3. The SMILES string of the molecule is Cc1ccc(-c2cc3ccccc3s2)n1-c1ncccn1. The molecular weight excluding hydrogens is 278 g/mol. The molecule has 1 aromatic carbocycles. The van der Waals surface area contributed by atoms with Crippen LogP contribution in [0.5, 0.6) is 0 Å². The van der Waals surface area contributed by atoms with Gasteiger partial charge >= 0.3 is 0 Å². The second-order valence-electron chi connectivity index (χ2n) is 4.89. The molecule has 0 unspecified atom stereocenters. The number of aryl methyl sites for hydroxylation is 1. The van der Waals surface area contributed by atoms with Gasteiger partial charge in [-0.3, -0.25) is 4.57 Å². The van der Waals surface area contributed by atoms with Crippen molar-refractivity contribution in [1.29, 1.82) is 0 Å². The molecular formula is C17H13N3S. The summed E-state index contributed by atoms with van der Waals surface area (Å²) in [6, 6.07) is 16.8. The highest BCUT2D eigenvalue weighted by Gasteiger charge is 2.13. The highest BCUT2D eigenvalue weighted by Crippen LogP contribution is 2.35. The topological polar surface area (TPSA) is 30.7 Å². The van der Waals surface area contributed by atoms with Gasteiger partial charge in [-0.15, -0.1) is 11.3 Å². The van der Waals surface area contributed by atoms with Crippen molar-refractivity contribution in [3.05, 3.63) is 66.6 Å². The number of hydrogen-bond acceptors (Lipinski definition) is 3. The van der Waals surface area contributed by atoms with Gasteiger partial charge in [0.25, 0.3) is 0 Å². The van der Waals surface area contributed by atoms with Crippen molar-refractivity contribution < 1.29 is 0 Å². The molecule has 0 N–H and O–H groups in total. The molecule has 0 amide bonds. The molecule has 0 saturated carbocycles. The fraction of sp³-hybridized carbons (Fsp3) is 0.0588. The molecule has 4 aromatic rings. The van der Waals surface area contributed by atoms with Crippen molar-refractivity contribution in [1.82, 2.24) is 14.5 Å². The Bertz CT molecular complexity index is 873. The van der Waals surface area contributed by atoms with E-state index in [0.717, 1.165) is 11.4 Å². The van der Waals surface area contributed by atoms with Crippen LogP contribution in [0.15, 0.2) is 60.9 Å². The fourth-order valence-electron chi connectivity index (χ4n) is 2.51. The van der Waals surface area contributed by atoms with Gasteiger partial charge in [0.05, 0.1) is 10.6 Å². The minimum absolute atomic E-state index is 0.715. The third kappa shape index (κ3) is 2.04. The van der Waals surface area contributed by atoms with E-state index in [-0.39, 0.29) is 0 Å². The maximum atomic E-state index is 4.38. The standard InChI is InChI=1S/C17H13N3S/c1-12-7-8-14(20(12)17-18-9-4-10-19-17)16-11-13-5-2-3-6-15(13)21-16/h2-11H,1H3. The second kappa shape index (κ2) is 4.82. The van der Waals surface area contributed by atoms with E-state index in [9.17, 15) is 0 Å². The molecule has 0 bridgehead atoms. The maximum absolute atomic E-state index is 4.38. The van der Waals surface area contributed by atoms with Gasteiger partial charge in [0.1, 0.15) is 0 Å². The number of aromatic nitrogens is 3. The van der Waals surface area contributed by atoms with Gasteiger partial charge < -0.3 is 0 Å². The van der Waals surface area contributed by atoms with Crippen LogP contribution < -0.4 is 0 Å². The van der Waals surface area contributed by atoms with Crippen LogP contribution in [-0.4, -0.2) is 14.5 Å². The lowest BCUT2D eigenvalue weighted by Gasteiger charge is -2.07. The van der Waals surface area contributed by atoms with Gasteiger partial charge in [0.15, 0.2) is 0 Å². The summed E-state index contributed by atoms with van der Waals surface area (Å²) in [4.78, 5) is 9.99. The quantitative estimate of drug-likeness (QED) is 0.546. The molecule has 4 heteroatoms. The van der Waals surface area contributed by atoms with E-state index in [1.165, 1.54) is 15.0 Å². The van der Waals surface area contributed by atoms with Crippen LogP contribution in [0, 0.1) is 6.92 Å². The highest BCUT2D eigenvalue weighted by atomic mass is 32.1. The molecule has 3 aromatic heterocycles. The molecule has 0 aliphatic carbocycles. The lowest BCUT2D eigenvalue weighted by Crippen LogP contribution is -2.02. The van der Waals surface area contributed by atoms with E-state index >= 15 is 0 Å².